The lowest BCUT2D eigenvalue weighted by Gasteiger charge is -2.32. The molecule has 0 aromatic heterocycles. The van der Waals surface area contributed by atoms with Gasteiger partial charge in [0.2, 0.25) is 11.8 Å². The zero-order chi connectivity index (χ0) is 13.2. The predicted molar refractivity (Wildman–Crippen MR) is 71.2 cm³/mol. The molecule has 1 aliphatic carbocycles. The van der Waals surface area contributed by atoms with E-state index in [9.17, 15) is 9.59 Å². The summed E-state index contributed by atoms with van der Waals surface area (Å²) in [5, 5.41) is 2.79. The molecule has 2 amide bonds. The van der Waals surface area contributed by atoms with Crippen LogP contribution in [0.2, 0.25) is 0 Å². The van der Waals surface area contributed by atoms with Gasteiger partial charge in [-0.2, -0.15) is 0 Å². The summed E-state index contributed by atoms with van der Waals surface area (Å²) in [6.45, 7) is 0.912. The summed E-state index contributed by atoms with van der Waals surface area (Å²) in [5.41, 5.74) is 0.858. The Hall–Kier alpha value is -1.84. The Morgan fingerprint density at radius 1 is 1.16 bits per heavy atom. The van der Waals surface area contributed by atoms with Crippen LogP contribution in [0.5, 0.6) is 0 Å². The highest BCUT2D eigenvalue weighted by atomic mass is 16.2. The van der Waals surface area contributed by atoms with E-state index in [4.69, 9.17) is 0 Å². The monoisotopic (exact) mass is 258 g/mol. The Bertz CT molecular complexity index is 482. The molecule has 4 heteroatoms. The molecule has 1 N–H and O–H groups in total. The number of nitrogens with zero attached hydrogens (tertiary/aromatic N) is 1. The zero-order valence-electron chi connectivity index (χ0n) is 10.8. The minimum atomic E-state index is -0.512. The van der Waals surface area contributed by atoms with E-state index in [1.54, 1.807) is 4.90 Å². The molecule has 2 fully saturated rings. The molecule has 0 spiro atoms. The average Bonchev–Trinajstić information content (AvgIpc) is 3.24. The van der Waals surface area contributed by atoms with Crippen molar-refractivity contribution in [1.82, 2.24) is 10.2 Å². The van der Waals surface area contributed by atoms with E-state index in [2.05, 4.69) is 5.32 Å². The Morgan fingerprint density at radius 2 is 1.89 bits per heavy atom. The fourth-order valence-corrected chi connectivity index (χ4v) is 2.51. The largest absolute Gasteiger partial charge is 0.339 e. The first-order valence-corrected chi connectivity index (χ1v) is 6.87. The highest BCUT2D eigenvalue weighted by molar-refractivity contribution is 5.95. The smallest absolute Gasteiger partial charge is 0.250 e. The number of nitrogens with one attached hydrogen (secondary N) is 1. The van der Waals surface area contributed by atoms with Gasteiger partial charge in [-0.3, -0.25) is 9.59 Å². The molecule has 3 rings (SSSR count). The minimum Gasteiger partial charge on any atom is -0.339 e. The van der Waals surface area contributed by atoms with Gasteiger partial charge in [0.15, 0.2) is 0 Å². The minimum absolute atomic E-state index is 0.0199. The molecule has 4 nitrogen and oxygen atoms in total. The molecule has 0 radical (unpaired) electrons. The summed E-state index contributed by atoms with van der Waals surface area (Å²) in [4.78, 5) is 25.9. The van der Waals surface area contributed by atoms with Crippen LogP contribution in [0.3, 0.4) is 0 Å². The van der Waals surface area contributed by atoms with Gasteiger partial charge in [-0.25, -0.2) is 0 Å². The van der Waals surface area contributed by atoms with Crippen LogP contribution in [0.25, 0.3) is 0 Å². The second-order valence-corrected chi connectivity index (χ2v) is 5.40. The van der Waals surface area contributed by atoms with Gasteiger partial charge in [-0.05, 0) is 17.9 Å². The highest BCUT2D eigenvalue weighted by Gasteiger charge is 2.34. The van der Waals surface area contributed by atoms with Crippen molar-refractivity contribution in [3.63, 3.8) is 0 Å². The maximum atomic E-state index is 12.4. The van der Waals surface area contributed by atoms with E-state index in [1.807, 2.05) is 30.3 Å². The van der Waals surface area contributed by atoms with Crippen molar-refractivity contribution in [3.05, 3.63) is 35.9 Å². The van der Waals surface area contributed by atoms with Crippen LogP contribution in [0.4, 0.5) is 0 Å². The van der Waals surface area contributed by atoms with Gasteiger partial charge in [0.25, 0.3) is 0 Å². The number of benzene rings is 1. The molecule has 19 heavy (non-hydrogen) atoms. The van der Waals surface area contributed by atoms with Crippen LogP contribution >= 0.6 is 0 Å². The van der Waals surface area contributed by atoms with E-state index in [0.29, 0.717) is 6.54 Å². The first-order chi connectivity index (χ1) is 9.24. The third-order valence-electron chi connectivity index (χ3n) is 3.84. The topological polar surface area (TPSA) is 49.4 Å². The van der Waals surface area contributed by atoms with Gasteiger partial charge in [-0.1, -0.05) is 43.2 Å². The number of hydrogen-bond donors (Lipinski definition) is 1. The normalized spacial score (nSPS) is 23.4. The molecule has 1 aromatic rings. The SMILES string of the molecule is O=C1CN(CCC2CC2)C(=O)C(c2ccccc2)N1. The molecule has 1 aromatic carbocycles. The van der Waals surface area contributed by atoms with E-state index in [-0.39, 0.29) is 18.4 Å². The van der Waals surface area contributed by atoms with Gasteiger partial charge in [0.1, 0.15) is 6.04 Å². The lowest BCUT2D eigenvalue weighted by molar-refractivity contribution is -0.144. The van der Waals surface area contributed by atoms with Crippen LogP contribution in [-0.4, -0.2) is 29.8 Å². The van der Waals surface area contributed by atoms with Crippen molar-refractivity contribution in [2.24, 2.45) is 5.92 Å². The third kappa shape index (κ3) is 2.78. The molecule has 1 aliphatic heterocycles. The molecular formula is C15H18N2O2. The van der Waals surface area contributed by atoms with Gasteiger partial charge in [0, 0.05) is 6.54 Å². The summed E-state index contributed by atoms with van der Waals surface area (Å²) in [6.07, 6.45) is 3.58. The van der Waals surface area contributed by atoms with Crippen LogP contribution in [-0.2, 0) is 9.59 Å². The fourth-order valence-electron chi connectivity index (χ4n) is 2.51. The van der Waals surface area contributed by atoms with Crippen molar-refractivity contribution in [2.45, 2.75) is 25.3 Å². The van der Waals surface area contributed by atoms with E-state index < -0.39 is 6.04 Å². The molecule has 2 aliphatic rings. The first-order valence-electron chi connectivity index (χ1n) is 6.87. The second-order valence-electron chi connectivity index (χ2n) is 5.40. The summed E-state index contributed by atoms with van der Waals surface area (Å²) in [5.74, 6) is 0.726. The molecule has 1 atom stereocenters. The van der Waals surface area contributed by atoms with Gasteiger partial charge < -0.3 is 10.2 Å². The van der Waals surface area contributed by atoms with Crippen LogP contribution < -0.4 is 5.32 Å². The van der Waals surface area contributed by atoms with Gasteiger partial charge >= 0.3 is 0 Å². The standard InChI is InChI=1S/C15H18N2O2/c18-13-10-17(9-8-11-6-7-11)15(19)14(16-13)12-4-2-1-3-5-12/h1-5,11,14H,6-10H2,(H,16,18). The third-order valence-corrected chi connectivity index (χ3v) is 3.84. The van der Waals surface area contributed by atoms with Crippen LogP contribution in [0, 0.1) is 5.92 Å². The Labute approximate surface area is 112 Å². The molecule has 0 bridgehead atoms. The van der Waals surface area contributed by atoms with E-state index >= 15 is 0 Å². The molecule has 1 saturated carbocycles. The molecule has 100 valence electrons. The predicted octanol–water partition coefficient (Wildman–Crippen LogP) is 1.49. The van der Waals surface area contributed by atoms with Crippen molar-refractivity contribution in [3.8, 4) is 0 Å². The van der Waals surface area contributed by atoms with Crippen molar-refractivity contribution in [2.75, 3.05) is 13.1 Å². The Balaban J connectivity index is 1.72. The van der Waals surface area contributed by atoms with Crippen molar-refractivity contribution >= 4 is 11.8 Å². The quantitative estimate of drug-likeness (QED) is 0.889. The molecular weight excluding hydrogens is 240 g/mol. The average molecular weight is 258 g/mol. The van der Waals surface area contributed by atoms with E-state index in [0.717, 1.165) is 17.9 Å². The zero-order valence-corrected chi connectivity index (χ0v) is 10.8. The number of carbonyl (C=O) groups is 2. The number of hydrogen-bond acceptors (Lipinski definition) is 2. The van der Waals surface area contributed by atoms with Crippen molar-refractivity contribution < 1.29 is 9.59 Å². The summed E-state index contributed by atoms with van der Waals surface area (Å²) < 4.78 is 0. The van der Waals surface area contributed by atoms with Crippen LogP contribution in [0.15, 0.2) is 30.3 Å². The first kappa shape index (κ1) is 12.2. The van der Waals surface area contributed by atoms with Crippen LogP contribution in [0.1, 0.15) is 30.9 Å². The number of piperazine rings is 1. The van der Waals surface area contributed by atoms with E-state index in [1.165, 1.54) is 12.8 Å². The Morgan fingerprint density at radius 3 is 2.58 bits per heavy atom. The maximum absolute atomic E-state index is 12.4. The highest BCUT2D eigenvalue weighted by Crippen LogP contribution is 2.32. The number of carbonyl (C=O) groups excluding carboxylic acids is 2. The second kappa shape index (κ2) is 5.03. The maximum Gasteiger partial charge on any atom is 0.250 e. The summed E-state index contributed by atoms with van der Waals surface area (Å²) in [6, 6.07) is 8.93. The summed E-state index contributed by atoms with van der Waals surface area (Å²) >= 11 is 0. The lowest BCUT2D eigenvalue weighted by Crippen LogP contribution is -2.53. The van der Waals surface area contributed by atoms with Gasteiger partial charge in [0.05, 0.1) is 6.54 Å². The van der Waals surface area contributed by atoms with Gasteiger partial charge in [-0.15, -0.1) is 0 Å². The lowest BCUT2D eigenvalue weighted by atomic mass is 10.0. The number of amides is 2. The molecule has 1 saturated heterocycles. The Kier molecular flexibility index (Phi) is 3.23. The molecule has 1 unspecified atom stereocenters. The molecule has 1 heterocycles. The number of rotatable bonds is 4. The fraction of sp³-hybridized carbons (Fsp3) is 0.467. The van der Waals surface area contributed by atoms with Crippen molar-refractivity contribution in [1.29, 1.82) is 0 Å². The summed E-state index contributed by atoms with van der Waals surface area (Å²) in [7, 11) is 0.